The molecular weight excluding hydrogens is 256 g/mol. The normalized spacial score (nSPS) is 21.3. The van der Waals surface area contributed by atoms with Crippen molar-refractivity contribution in [1.82, 2.24) is 0 Å². The molecule has 0 bridgehead atoms. The molecule has 1 aliphatic carbocycles. The zero-order valence-electron chi connectivity index (χ0n) is 13.1. The maximum Gasteiger partial charge on any atom is 0.140 e. The Bertz CT molecular complexity index is 654. The summed E-state index contributed by atoms with van der Waals surface area (Å²) in [5.41, 5.74) is 1.33. The first-order valence-corrected chi connectivity index (χ1v) is 8.07. The van der Waals surface area contributed by atoms with Crippen LogP contribution in [0.3, 0.4) is 0 Å². The van der Waals surface area contributed by atoms with Crippen LogP contribution in [0.5, 0.6) is 0 Å². The molecule has 1 aliphatic rings. The molecule has 1 fully saturated rings. The van der Waals surface area contributed by atoms with Gasteiger partial charge in [0.25, 0.3) is 0 Å². The van der Waals surface area contributed by atoms with Gasteiger partial charge in [0.05, 0.1) is 0 Å². The fourth-order valence-corrected chi connectivity index (χ4v) is 3.76. The lowest BCUT2D eigenvalue weighted by molar-refractivity contribution is -0.127. The van der Waals surface area contributed by atoms with Crippen molar-refractivity contribution < 1.29 is 4.79 Å². The highest BCUT2D eigenvalue weighted by molar-refractivity contribution is 5.87. The Morgan fingerprint density at radius 3 is 2.62 bits per heavy atom. The largest absolute Gasteiger partial charge is 0.299 e. The predicted octanol–water partition coefficient (Wildman–Crippen LogP) is 5.17. The fourth-order valence-electron chi connectivity index (χ4n) is 3.76. The van der Waals surface area contributed by atoms with Gasteiger partial charge in [-0.15, -0.1) is 0 Å². The number of ketones is 1. The monoisotopic (exact) mass is 280 g/mol. The van der Waals surface area contributed by atoms with Gasteiger partial charge in [0.15, 0.2) is 0 Å². The van der Waals surface area contributed by atoms with Crippen molar-refractivity contribution in [2.24, 2.45) is 11.3 Å². The van der Waals surface area contributed by atoms with Gasteiger partial charge in [-0.2, -0.15) is 0 Å². The molecule has 1 unspecified atom stereocenters. The van der Waals surface area contributed by atoms with Gasteiger partial charge in [-0.3, -0.25) is 4.79 Å². The maximum atomic E-state index is 12.7. The molecule has 2 aromatic carbocycles. The van der Waals surface area contributed by atoms with Gasteiger partial charge >= 0.3 is 0 Å². The number of rotatable bonds is 3. The third-order valence-electron chi connectivity index (χ3n) is 5.09. The molecule has 0 aromatic heterocycles. The molecular formula is C20H24O. The van der Waals surface area contributed by atoms with Crippen LogP contribution < -0.4 is 0 Å². The second-order valence-electron chi connectivity index (χ2n) is 7.11. The lowest BCUT2D eigenvalue weighted by atomic mass is 9.66. The summed E-state index contributed by atoms with van der Waals surface area (Å²) in [5, 5.41) is 2.47. The van der Waals surface area contributed by atoms with Gasteiger partial charge in [-0.25, -0.2) is 0 Å². The van der Waals surface area contributed by atoms with E-state index in [1.54, 1.807) is 0 Å². The number of hydrogen-bond acceptors (Lipinski definition) is 1. The summed E-state index contributed by atoms with van der Waals surface area (Å²) in [6.45, 7) is 4.52. The minimum Gasteiger partial charge on any atom is -0.299 e. The van der Waals surface area contributed by atoms with E-state index < -0.39 is 0 Å². The maximum absolute atomic E-state index is 12.7. The Balaban J connectivity index is 1.79. The first-order chi connectivity index (χ1) is 10.1. The molecule has 0 radical (unpaired) electrons. The van der Waals surface area contributed by atoms with Crippen LogP contribution in [-0.2, 0) is 11.2 Å². The highest BCUT2D eigenvalue weighted by atomic mass is 16.1. The summed E-state index contributed by atoms with van der Waals surface area (Å²) < 4.78 is 0. The minimum absolute atomic E-state index is 0.173. The molecule has 1 saturated carbocycles. The zero-order valence-corrected chi connectivity index (χ0v) is 13.1. The molecule has 3 rings (SSSR count). The SMILES string of the molecule is CC1(C)CCCCC1C(=O)Cc1ccc2ccccc2c1. The molecule has 0 aliphatic heterocycles. The Morgan fingerprint density at radius 1 is 1.10 bits per heavy atom. The van der Waals surface area contributed by atoms with Gasteiger partial charge in [0.2, 0.25) is 0 Å². The van der Waals surface area contributed by atoms with Crippen LogP contribution in [0.25, 0.3) is 10.8 Å². The predicted molar refractivity (Wildman–Crippen MR) is 88.4 cm³/mol. The Kier molecular flexibility index (Phi) is 3.84. The standard InChI is InChI=1S/C20H24O/c1-20(2)12-6-5-9-18(20)19(21)14-15-10-11-16-7-3-4-8-17(16)13-15/h3-4,7-8,10-11,13,18H,5-6,9,12,14H2,1-2H3. The fraction of sp³-hybridized carbons (Fsp3) is 0.450. The first kappa shape index (κ1) is 14.3. The van der Waals surface area contributed by atoms with Crippen LogP contribution in [-0.4, -0.2) is 5.78 Å². The topological polar surface area (TPSA) is 17.1 Å². The molecule has 0 amide bonds. The van der Waals surface area contributed by atoms with E-state index in [0.717, 1.165) is 12.0 Å². The van der Waals surface area contributed by atoms with Crippen LogP contribution in [0.1, 0.15) is 45.1 Å². The minimum atomic E-state index is 0.173. The van der Waals surface area contributed by atoms with E-state index in [1.165, 1.54) is 30.0 Å². The van der Waals surface area contributed by atoms with E-state index in [0.29, 0.717) is 12.2 Å². The van der Waals surface area contributed by atoms with Gasteiger partial charge in [-0.05, 0) is 34.6 Å². The van der Waals surface area contributed by atoms with E-state index in [-0.39, 0.29) is 11.3 Å². The Labute approximate surface area is 127 Å². The second-order valence-corrected chi connectivity index (χ2v) is 7.11. The second kappa shape index (κ2) is 5.63. The molecule has 1 heteroatoms. The van der Waals surface area contributed by atoms with E-state index in [1.807, 2.05) is 0 Å². The molecule has 0 saturated heterocycles. The summed E-state index contributed by atoms with van der Waals surface area (Å²) in [4.78, 5) is 12.7. The van der Waals surface area contributed by atoms with Crippen molar-refractivity contribution in [3.8, 4) is 0 Å². The smallest absolute Gasteiger partial charge is 0.140 e. The lowest BCUT2D eigenvalue weighted by Crippen LogP contribution is -2.34. The molecule has 0 spiro atoms. The third-order valence-corrected chi connectivity index (χ3v) is 5.09. The summed E-state index contributed by atoms with van der Waals surface area (Å²) >= 11 is 0. The quantitative estimate of drug-likeness (QED) is 0.758. The highest BCUT2D eigenvalue weighted by Crippen LogP contribution is 2.41. The molecule has 1 atom stereocenters. The van der Waals surface area contributed by atoms with Gasteiger partial charge in [0.1, 0.15) is 5.78 Å². The average Bonchev–Trinajstić information content (AvgIpc) is 2.46. The van der Waals surface area contributed by atoms with E-state index in [2.05, 4.69) is 56.3 Å². The number of carbonyl (C=O) groups is 1. The summed E-state index contributed by atoms with van der Waals surface area (Å²) in [6, 6.07) is 14.7. The molecule has 2 aromatic rings. The first-order valence-electron chi connectivity index (χ1n) is 8.07. The van der Waals surface area contributed by atoms with Crippen molar-refractivity contribution >= 4 is 16.6 Å². The van der Waals surface area contributed by atoms with E-state index in [4.69, 9.17) is 0 Å². The Morgan fingerprint density at radius 2 is 1.86 bits per heavy atom. The third kappa shape index (κ3) is 3.02. The van der Waals surface area contributed by atoms with Crippen molar-refractivity contribution in [2.75, 3.05) is 0 Å². The van der Waals surface area contributed by atoms with Crippen LogP contribution >= 0.6 is 0 Å². The number of carbonyl (C=O) groups excluding carboxylic acids is 1. The van der Waals surface area contributed by atoms with Gasteiger partial charge in [0, 0.05) is 12.3 Å². The summed E-state index contributed by atoms with van der Waals surface area (Å²) in [5.74, 6) is 0.660. The average molecular weight is 280 g/mol. The number of hydrogen-bond donors (Lipinski definition) is 0. The molecule has 1 nitrogen and oxygen atoms in total. The van der Waals surface area contributed by atoms with E-state index in [9.17, 15) is 4.79 Å². The number of fused-ring (bicyclic) bond motifs is 1. The van der Waals surface area contributed by atoms with Crippen LogP contribution in [0.2, 0.25) is 0 Å². The van der Waals surface area contributed by atoms with Gasteiger partial charge in [-0.1, -0.05) is 69.2 Å². The molecule has 0 heterocycles. The highest BCUT2D eigenvalue weighted by Gasteiger charge is 2.36. The molecule has 0 N–H and O–H groups in total. The lowest BCUT2D eigenvalue weighted by Gasteiger charge is -2.37. The Hall–Kier alpha value is -1.63. The van der Waals surface area contributed by atoms with Crippen molar-refractivity contribution in [3.05, 3.63) is 48.0 Å². The number of Topliss-reactive ketones (excluding diaryl/α,β-unsaturated/α-hetero) is 1. The van der Waals surface area contributed by atoms with E-state index >= 15 is 0 Å². The van der Waals surface area contributed by atoms with Gasteiger partial charge < -0.3 is 0 Å². The van der Waals surface area contributed by atoms with Crippen LogP contribution in [0, 0.1) is 11.3 Å². The van der Waals surface area contributed by atoms with Crippen LogP contribution in [0.15, 0.2) is 42.5 Å². The van der Waals surface area contributed by atoms with Crippen LogP contribution in [0.4, 0.5) is 0 Å². The summed E-state index contributed by atoms with van der Waals surface area (Å²) in [6.07, 6.45) is 5.31. The molecule has 21 heavy (non-hydrogen) atoms. The van der Waals surface area contributed by atoms with Crippen molar-refractivity contribution in [2.45, 2.75) is 46.0 Å². The molecule has 110 valence electrons. The van der Waals surface area contributed by atoms with Crippen molar-refractivity contribution in [1.29, 1.82) is 0 Å². The van der Waals surface area contributed by atoms with Crippen molar-refractivity contribution in [3.63, 3.8) is 0 Å². The summed E-state index contributed by atoms with van der Waals surface area (Å²) in [7, 11) is 0. The number of benzene rings is 2. The zero-order chi connectivity index (χ0) is 14.9.